The summed E-state index contributed by atoms with van der Waals surface area (Å²) in [6, 6.07) is 14.3. The van der Waals surface area contributed by atoms with Gasteiger partial charge in [-0.25, -0.2) is 4.79 Å². The third-order valence-electron chi connectivity index (χ3n) is 5.21. The minimum atomic E-state index is -0.547. The predicted molar refractivity (Wildman–Crippen MR) is 123 cm³/mol. The maximum atomic E-state index is 12.2. The molecule has 32 heavy (non-hydrogen) atoms. The Morgan fingerprint density at radius 1 is 0.938 bits per heavy atom. The molecule has 2 aromatic rings. The maximum absolute atomic E-state index is 12.2. The zero-order chi connectivity index (χ0) is 22.5. The summed E-state index contributed by atoms with van der Waals surface area (Å²) in [6.07, 6.45) is -1.70. The summed E-state index contributed by atoms with van der Waals surface area (Å²) in [5.74, 6) is 1.29. The van der Waals surface area contributed by atoms with Crippen LogP contribution in [0.4, 0.5) is 16.2 Å². The fourth-order valence-electron chi connectivity index (χ4n) is 3.71. The molecule has 2 aliphatic rings. The maximum Gasteiger partial charge on any atom is 0.412 e. The van der Waals surface area contributed by atoms with Gasteiger partial charge in [-0.1, -0.05) is 18.2 Å². The Labute approximate surface area is 191 Å². The van der Waals surface area contributed by atoms with Gasteiger partial charge in [0.2, 0.25) is 0 Å². The second-order valence-corrected chi connectivity index (χ2v) is 7.75. The SMILES string of the molecule is COc1cc(NC(=S)NC2COC3C(OC(=O)Nc4ccccc4)COC23)cc(OC)c1. The fourth-order valence-corrected chi connectivity index (χ4v) is 3.98. The number of fused-ring (bicyclic) bond motifs is 1. The molecule has 1 amide bonds. The van der Waals surface area contributed by atoms with E-state index in [2.05, 4.69) is 16.0 Å². The minimum absolute atomic E-state index is 0.182. The highest BCUT2D eigenvalue weighted by atomic mass is 32.1. The van der Waals surface area contributed by atoms with Crippen molar-refractivity contribution >= 4 is 34.8 Å². The topological polar surface area (TPSA) is 99.3 Å². The van der Waals surface area contributed by atoms with Crippen LogP contribution in [-0.2, 0) is 14.2 Å². The molecule has 2 fully saturated rings. The van der Waals surface area contributed by atoms with Crippen LogP contribution in [0.2, 0.25) is 0 Å². The Morgan fingerprint density at radius 2 is 1.62 bits per heavy atom. The molecular formula is C22H25N3O6S. The molecule has 0 radical (unpaired) electrons. The zero-order valence-electron chi connectivity index (χ0n) is 17.7. The lowest BCUT2D eigenvalue weighted by molar-refractivity contribution is 0.00880. The quantitative estimate of drug-likeness (QED) is 0.563. The first-order chi connectivity index (χ1) is 15.6. The largest absolute Gasteiger partial charge is 0.497 e. The number of carbonyl (C=O) groups is 1. The van der Waals surface area contributed by atoms with Gasteiger partial charge in [-0.3, -0.25) is 5.32 Å². The van der Waals surface area contributed by atoms with E-state index in [0.717, 1.165) is 5.69 Å². The number of thiocarbonyl (C=S) groups is 1. The smallest absolute Gasteiger partial charge is 0.412 e. The third kappa shape index (κ3) is 5.21. The highest BCUT2D eigenvalue weighted by molar-refractivity contribution is 7.80. The van der Waals surface area contributed by atoms with Crippen molar-refractivity contribution < 1.29 is 28.5 Å². The van der Waals surface area contributed by atoms with Crippen LogP contribution in [0.5, 0.6) is 11.5 Å². The average molecular weight is 460 g/mol. The Bertz CT molecular complexity index is 938. The number of hydrogen-bond acceptors (Lipinski definition) is 7. The van der Waals surface area contributed by atoms with Crippen LogP contribution in [0.15, 0.2) is 48.5 Å². The van der Waals surface area contributed by atoms with Crippen molar-refractivity contribution in [2.24, 2.45) is 0 Å². The van der Waals surface area contributed by atoms with Gasteiger partial charge in [0.15, 0.2) is 11.2 Å². The Morgan fingerprint density at radius 3 is 2.31 bits per heavy atom. The van der Waals surface area contributed by atoms with Gasteiger partial charge in [-0.2, -0.15) is 0 Å². The van der Waals surface area contributed by atoms with Gasteiger partial charge in [0, 0.05) is 29.6 Å². The van der Waals surface area contributed by atoms with Crippen LogP contribution >= 0.6 is 12.2 Å². The van der Waals surface area contributed by atoms with Crippen LogP contribution in [0, 0.1) is 0 Å². The van der Waals surface area contributed by atoms with E-state index in [4.69, 9.17) is 35.9 Å². The molecular weight excluding hydrogens is 434 g/mol. The monoisotopic (exact) mass is 459 g/mol. The summed E-state index contributed by atoms with van der Waals surface area (Å²) in [6.45, 7) is 0.627. The lowest BCUT2D eigenvalue weighted by atomic mass is 10.1. The van der Waals surface area contributed by atoms with Crippen molar-refractivity contribution in [3.63, 3.8) is 0 Å². The Balaban J connectivity index is 1.30. The molecule has 0 aromatic heterocycles. The number of ether oxygens (including phenoxy) is 5. The Hall–Kier alpha value is -3.08. The van der Waals surface area contributed by atoms with E-state index >= 15 is 0 Å². The summed E-state index contributed by atoms with van der Waals surface area (Å²) in [7, 11) is 3.17. The van der Waals surface area contributed by atoms with Gasteiger partial charge in [-0.15, -0.1) is 0 Å². The molecule has 2 heterocycles. The number of anilines is 2. The van der Waals surface area contributed by atoms with E-state index in [1.807, 2.05) is 30.3 Å². The van der Waals surface area contributed by atoms with E-state index in [-0.39, 0.29) is 24.9 Å². The van der Waals surface area contributed by atoms with Crippen molar-refractivity contribution in [3.05, 3.63) is 48.5 Å². The molecule has 0 aliphatic carbocycles. The van der Waals surface area contributed by atoms with Crippen LogP contribution in [0.3, 0.4) is 0 Å². The molecule has 170 valence electrons. The number of para-hydroxylation sites is 1. The van der Waals surface area contributed by atoms with E-state index in [0.29, 0.717) is 28.9 Å². The second-order valence-electron chi connectivity index (χ2n) is 7.34. The number of amides is 1. The van der Waals surface area contributed by atoms with Gasteiger partial charge < -0.3 is 34.3 Å². The van der Waals surface area contributed by atoms with Gasteiger partial charge in [0.25, 0.3) is 0 Å². The fraction of sp³-hybridized carbons (Fsp3) is 0.364. The highest BCUT2D eigenvalue weighted by Gasteiger charge is 2.49. The zero-order valence-corrected chi connectivity index (χ0v) is 18.5. The number of benzene rings is 2. The molecule has 4 rings (SSSR count). The van der Waals surface area contributed by atoms with Gasteiger partial charge >= 0.3 is 6.09 Å². The van der Waals surface area contributed by atoms with Crippen molar-refractivity contribution in [1.82, 2.24) is 5.32 Å². The summed E-state index contributed by atoms with van der Waals surface area (Å²) in [5, 5.41) is 9.45. The highest BCUT2D eigenvalue weighted by Crippen LogP contribution is 2.30. The molecule has 0 saturated carbocycles. The minimum Gasteiger partial charge on any atom is -0.497 e. The predicted octanol–water partition coefficient (Wildman–Crippen LogP) is 2.77. The van der Waals surface area contributed by atoms with E-state index in [9.17, 15) is 4.79 Å². The van der Waals surface area contributed by atoms with E-state index in [1.165, 1.54) is 0 Å². The molecule has 2 saturated heterocycles. The van der Waals surface area contributed by atoms with E-state index < -0.39 is 12.2 Å². The molecule has 3 N–H and O–H groups in total. The number of rotatable bonds is 6. The van der Waals surface area contributed by atoms with Crippen LogP contribution in [0.1, 0.15) is 0 Å². The first-order valence-electron chi connectivity index (χ1n) is 10.1. The van der Waals surface area contributed by atoms with Gasteiger partial charge in [0.05, 0.1) is 33.5 Å². The van der Waals surface area contributed by atoms with Crippen molar-refractivity contribution in [2.75, 3.05) is 38.1 Å². The lowest BCUT2D eigenvalue weighted by Gasteiger charge is -2.20. The molecule has 0 bridgehead atoms. The molecule has 2 aromatic carbocycles. The first kappa shape index (κ1) is 22.1. The number of hydrogen-bond donors (Lipinski definition) is 3. The second kappa shape index (κ2) is 10.0. The van der Waals surface area contributed by atoms with Crippen molar-refractivity contribution in [2.45, 2.75) is 24.4 Å². The molecule has 0 spiro atoms. The van der Waals surface area contributed by atoms with Crippen LogP contribution in [-0.4, -0.2) is 63.0 Å². The van der Waals surface area contributed by atoms with Gasteiger partial charge in [-0.05, 0) is 24.4 Å². The standard InChI is InChI=1S/C22H25N3O6S/c1-27-15-8-14(9-16(10-15)28-2)23-21(32)25-17-11-29-20-18(12-30-19(17)20)31-22(26)24-13-6-4-3-5-7-13/h3-10,17-20H,11-12H2,1-2H3,(H,24,26)(H2,23,25,32). The summed E-state index contributed by atoms with van der Waals surface area (Å²) in [5.41, 5.74) is 1.38. The van der Waals surface area contributed by atoms with Crippen LogP contribution in [0.25, 0.3) is 0 Å². The van der Waals surface area contributed by atoms with Crippen LogP contribution < -0.4 is 25.4 Å². The number of methoxy groups -OCH3 is 2. The third-order valence-corrected chi connectivity index (χ3v) is 5.43. The van der Waals surface area contributed by atoms with E-state index in [1.54, 1.807) is 32.4 Å². The molecule has 4 atom stereocenters. The van der Waals surface area contributed by atoms with Gasteiger partial charge in [0.1, 0.15) is 23.7 Å². The molecule has 10 heteroatoms. The molecule has 2 aliphatic heterocycles. The molecule has 4 unspecified atom stereocenters. The molecule has 9 nitrogen and oxygen atoms in total. The number of carbonyl (C=O) groups excluding carboxylic acids is 1. The van der Waals surface area contributed by atoms with Crippen molar-refractivity contribution in [3.8, 4) is 11.5 Å². The first-order valence-corrected chi connectivity index (χ1v) is 10.5. The summed E-state index contributed by atoms with van der Waals surface area (Å²) >= 11 is 5.45. The normalized spacial score (nSPS) is 23.7. The summed E-state index contributed by atoms with van der Waals surface area (Å²) < 4.78 is 27.8. The average Bonchev–Trinajstić information content (AvgIpc) is 3.37. The van der Waals surface area contributed by atoms with Crippen molar-refractivity contribution in [1.29, 1.82) is 0 Å². The number of nitrogens with one attached hydrogen (secondary N) is 3. The summed E-state index contributed by atoms with van der Waals surface area (Å²) in [4.78, 5) is 12.2. The lowest BCUT2D eigenvalue weighted by Crippen LogP contribution is -2.46. The Kier molecular flexibility index (Phi) is 6.93.